The lowest BCUT2D eigenvalue weighted by atomic mass is 10.1. The lowest BCUT2D eigenvalue weighted by molar-refractivity contribution is 0.0514. The first-order chi connectivity index (χ1) is 7.06. The summed E-state index contributed by atoms with van der Waals surface area (Å²) >= 11 is 0. The molecule has 0 heterocycles. The summed E-state index contributed by atoms with van der Waals surface area (Å²) in [5.41, 5.74) is -0.337. The van der Waals surface area contributed by atoms with Gasteiger partial charge in [-0.05, 0) is 25.1 Å². The standard InChI is InChI=1S/C10H10O5/c1-2-15-10(14)7-4-3-6(11)5-8(7)9(12)13/h3-5,11H,2H2,1H3,(H,12,13). The molecule has 0 aliphatic rings. The van der Waals surface area contributed by atoms with Crippen LogP contribution in [0.4, 0.5) is 0 Å². The number of hydrogen-bond acceptors (Lipinski definition) is 4. The molecule has 15 heavy (non-hydrogen) atoms. The second-order valence-corrected chi connectivity index (χ2v) is 2.76. The summed E-state index contributed by atoms with van der Waals surface area (Å²) in [5, 5.41) is 17.9. The minimum absolute atomic E-state index is 0.0675. The van der Waals surface area contributed by atoms with Gasteiger partial charge in [0.25, 0.3) is 0 Å². The number of phenols is 1. The van der Waals surface area contributed by atoms with Crippen molar-refractivity contribution in [3.05, 3.63) is 29.3 Å². The third-order valence-corrected chi connectivity index (χ3v) is 1.73. The van der Waals surface area contributed by atoms with Crippen LogP contribution in [0.25, 0.3) is 0 Å². The zero-order valence-corrected chi connectivity index (χ0v) is 8.06. The van der Waals surface area contributed by atoms with Gasteiger partial charge in [-0.2, -0.15) is 0 Å². The maximum absolute atomic E-state index is 11.3. The van der Waals surface area contributed by atoms with Crippen molar-refractivity contribution < 1.29 is 24.5 Å². The highest BCUT2D eigenvalue weighted by atomic mass is 16.5. The van der Waals surface area contributed by atoms with Crippen molar-refractivity contribution in [3.63, 3.8) is 0 Å². The Bertz CT molecular complexity index is 397. The molecule has 1 aromatic rings. The molecule has 0 saturated carbocycles. The van der Waals surface area contributed by atoms with Crippen LogP contribution in [0.1, 0.15) is 27.6 Å². The zero-order chi connectivity index (χ0) is 11.4. The quantitative estimate of drug-likeness (QED) is 0.734. The summed E-state index contributed by atoms with van der Waals surface area (Å²) in [7, 11) is 0. The average Bonchev–Trinajstić information content (AvgIpc) is 2.17. The van der Waals surface area contributed by atoms with E-state index >= 15 is 0 Å². The van der Waals surface area contributed by atoms with E-state index in [4.69, 9.17) is 10.2 Å². The van der Waals surface area contributed by atoms with E-state index in [2.05, 4.69) is 4.74 Å². The summed E-state index contributed by atoms with van der Waals surface area (Å²) in [6.45, 7) is 1.79. The Morgan fingerprint density at radius 1 is 1.33 bits per heavy atom. The fourth-order valence-electron chi connectivity index (χ4n) is 1.10. The van der Waals surface area contributed by atoms with Crippen molar-refractivity contribution in [2.45, 2.75) is 6.92 Å². The van der Waals surface area contributed by atoms with Crippen LogP contribution in [0.2, 0.25) is 0 Å². The van der Waals surface area contributed by atoms with Gasteiger partial charge in [0.2, 0.25) is 0 Å². The highest BCUT2D eigenvalue weighted by molar-refractivity contribution is 6.02. The fourth-order valence-corrected chi connectivity index (χ4v) is 1.10. The van der Waals surface area contributed by atoms with Crippen LogP contribution in [-0.4, -0.2) is 28.8 Å². The monoisotopic (exact) mass is 210 g/mol. The van der Waals surface area contributed by atoms with Gasteiger partial charge in [0.1, 0.15) is 5.75 Å². The molecule has 0 aromatic heterocycles. The van der Waals surface area contributed by atoms with Gasteiger partial charge in [0.05, 0.1) is 17.7 Å². The summed E-state index contributed by atoms with van der Waals surface area (Å²) in [6.07, 6.45) is 0. The second-order valence-electron chi connectivity index (χ2n) is 2.76. The van der Waals surface area contributed by atoms with Crippen LogP contribution < -0.4 is 0 Å². The van der Waals surface area contributed by atoms with Gasteiger partial charge in [-0.3, -0.25) is 0 Å². The Morgan fingerprint density at radius 3 is 2.53 bits per heavy atom. The van der Waals surface area contributed by atoms with E-state index in [0.717, 1.165) is 6.07 Å². The number of ether oxygens (including phenoxy) is 1. The number of carbonyl (C=O) groups excluding carboxylic acids is 1. The van der Waals surface area contributed by atoms with Gasteiger partial charge < -0.3 is 14.9 Å². The van der Waals surface area contributed by atoms with E-state index in [1.165, 1.54) is 12.1 Å². The van der Waals surface area contributed by atoms with Crippen LogP contribution in [0, 0.1) is 0 Å². The maximum Gasteiger partial charge on any atom is 0.339 e. The molecule has 2 N–H and O–H groups in total. The van der Waals surface area contributed by atoms with Crippen molar-refractivity contribution in [3.8, 4) is 5.75 Å². The van der Waals surface area contributed by atoms with Crippen LogP contribution in [-0.2, 0) is 4.74 Å². The highest BCUT2D eigenvalue weighted by Crippen LogP contribution is 2.17. The van der Waals surface area contributed by atoms with Crippen LogP contribution in [0.3, 0.4) is 0 Å². The van der Waals surface area contributed by atoms with Gasteiger partial charge in [-0.15, -0.1) is 0 Å². The van der Waals surface area contributed by atoms with Gasteiger partial charge in [-0.25, -0.2) is 9.59 Å². The smallest absolute Gasteiger partial charge is 0.339 e. The van der Waals surface area contributed by atoms with Gasteiger partial charge in [0.15, 0.2) is 0 Å². The molecule has 0 atom stereocenters. The maximum atomic E-state index is 11.3. The minimum atomic E-state index is -1.28. The summed E-state index contributed by atoms with van der Waals surface area (Å²) in [5.74, 6) is -2.20. The van der Waals surface area contributed by atoms with Crippen LogP contribution in [0.15, 0.2) is 18.2 Å². The van der Waals surface area contributed by atoms with Crippen molar-refractivity contribution >= 4 is 11.9 Å². The largest absolute Gasteiger partial charge is 0.508 e. The second kappa shape index (κ2) is 4.45. The van der Waals surface area contributed by atoms with E-state index in [1.54, 1.807) is 6.92 Å². The predicted molar refractivity (Wildman–Crippen MR) is 51.0 cm³/mol. The molecule has 0 unspecified atom stereocenters. The average molecular weight is 210 g/mol. The molecular weight excluding hydrogens is 200 g/mol. The molecule has 5 nitrogen and oxygen atoms in total. The summed E-state index contributed by atoms with van der Waals surface area (Å²) in [4.78, 5) is 22.1. The normalized spacial score (nSPS) is 9.67. The topological polar surface area (TPSA) is 83.8 Å². The lowest BCUT2D eigenvalue weighted by Crippen LogP contribution is -2.11. The van der Waals surface area contributed by atoms with E-state index in [1.807, 2.05) is 0 Å². The molecule has 0 bridgehead atoms. The van der Waals surface area contributed by atoms with E-state index in [-0.39, 0.29) is 23.5 Å². The van der Waals surface area contributed by atoms with E-state index in [0.29, 0.717) is 0 Å². The highest BCUT2D eigenvalue weighted by Gasteiger charge is 2.17. The Morgan fingerprint density at radius 2 is 2.00 bits per heavy atom. The number of rotatable bonds is 3. The van der Waals surface area contributed by atoms with Crippen LogP contribution in [0.5, 0.6) is 5.75 Å². The molecule has 0 saturated heterocycles. The first-order valence-corrected chi connectivity index (χ1v) is 4.29. The number of aromatic carboxylic acids is 1. The molecule has 0 spiro atoms. The molecule has 80 valence electrons. The van der Waals surface area contributed by atoms with Crippen molar-refractivity contribution in [2.75, 3.05) is 6.61 Å². The molecule has 5 heteroatoms. The number of aromatic hydroxyl groups is 1. The molecule has 1 rings (SSSR count). The number of hydrogen-bond donors (Lipinski definition) is 2. The van der Waals surface area contributed by atoms with Crippen molar-refractivity contribution in [2.24, 2.45) is 0 Å². The van der Waals surface area contributed by atoms with Crippen LogP contribution >= 0.6 is 0 Å². The van der Waals surface area contributed by atoms with Gasteiger partial charge in [-0.1, -0.05) is 0 Å². The Balaban J connectivity index is 3.17. The molecule has 0 aliphatic heterocycles. The van der Waals surface area contributed by atoms with E-state index in [9.17, 15) is 9.59 Å². The first-order valence-electron chi connectivity index (χ1n) is 4.29. The molecule has 0 amide bonds. The third kappa shape index (κ3) is 2.46. The molecule has 0 radical (unpaired) electrons. The number of carboxylic acid groups (broad SMARTS) is 1. The molecule has 0 aliphatic carbocycles. The first kappa shape index (κ1) is 11.0. The number of carbonyl (C=O) groups is 2. The van der Waals surface area contributed by atoms with Gasteiger partial charge >= 0.3 is 11.9 Å². The Hall–Kier alpha value is -2.04. The number of benzene rings is 1. The molecule has 0 fully saturated rings. The predicted octanol–water partition coefficient (Wildman–Crippen LogP) is 1.27. The number of esters is 1. The SMILES string of the molecule is CCOC(=O)c1ccc(O)cc1C(=O)O. The lowest BCUT2D eigenvalue weighted by Gasteiger charge is -2.05. The zero-order valence-electron chi connectivity index (χ0n) is 8.06. The minimum Gasteiger partial charge on any atom is -0.508 e. The Kier molecular flexibility index (Phi) is 3.28. The molecule has 1 aromatic carbocycles. The van der Waals surface area contributed by atoms with Gasteiger partial charge in [0, 0.05) is 0 Å². The number of phenolic OH excluding ortho intramolecular Hbond substituents is 1. The number of carboxylic acids is 1. The van der Waals surface area contributed by atoms with Crippen molar-refractivity contribution in [1.82, 2.24) is 0 Å². The Labute approximate surface area is 85.9 Å². The third-order valence-electron chi connectivity index (χ3n) is 1.73. The van der Waals surface area contributed by atoms with Crippen molar-refractivity contribution in [1.29, 1.82) is 0 Å². The summed E-state index contributed by atoms with van der Waals surface area (Å²) < 4.78 is 4.67. The summed E-state index contributed by atoms with van der Waals surface area (Å²) in [6, 6.07) is 3.46. The molecular formula is C10H10O5. The van der Waals surface area contributed by atoms with E-state index < -0.39 is 11.9 Å². The fraction of sp³-hybridized carbons (Fsp3) is 0.200.